The summed E-state index contributed by atoms with van der Waals surface area (Å²) in [6.45, 7) is 0. The zero-order valence-electron chi connectivity index (χ0n) is 13.4. The molecule has 1 aromatic heterocycles. The van der Waals surface area contributed by atoms with Gasteiger partial charge in [0.2, 0.25) is 5.06 Å². The topological polar surface area (TPSA) is 54.5 Å². The van der Waals surface area contributed by atoms with Crippen LogP contribution in [0.15, 0.2) is 48.7 Å². The molecular formula is C17H12Cl2FN3O2S. The van der Waals surface area contributed by atoms with Crippen molar-refractivity contribution in [2.45, 2.75) is 0 Å². The number of nitrogens with one attached hydrogen (secondary N) is 1. The molecule has 0 saturated heterocycles. The summed E-state index contributed by atoms with van der Waals surface area (Å²) in [6, 6.07) is 10.1. The maximum absolute atomic E-state index is 13.2. The van der Waals surface area contributed by atoms with Gasteiger partial charge in [0, 0.05) is 18.1 Å². The fourth-order valence-electron chi connectivity index (χ4n) is 2.04. The van der Waals surface area contributed by atoms with Gasteiger partial charge in [0.05, 0.1) is 16.9 Å². The number of amides is 2. The van der Waals surface area contributed by atoms with Gasteiger partial charge in [-0.05, 0) is 30.3 Å². The monoisotopic (exact) mass is 411 g/mol. The molecular weight excluding hydrogens is 400 g/mol. The van der Waals surface area contributed by atoms with Crippen LogP contribution in [0.1, 0.15) is 0 Å². The van der Waals surface area contributed by atoms with Gasteiger partial charge in [-0.15, -0.1) is 0 Å². The number of hydrogen-bond acceptors (Lipinski definition) is 4. The van der Waals surface area contributed by atoms with Crippen molar-refractivity contribution in [3.63, 3.8) is 0 Å². The van der Waals surface area contributed by atoms with Gasteiger partial charge in [0.1, 0.15) is 11.6 Å². The lowest BCUT2D eigenvalue weighted by molar-refractivity contribution is 0.258. The maximum Gasteiger partial charge on any atom is 0.327 e. The Morgan fingerprint density at radius 1 is 1.27 bits per heavy atom. The molecule has 0 aliphatic heterocycles. The minimum absolute atomic E-state index is 0.325. The van der Waals surface area contributed by atoms with E-state index in [9.17, 15) is 9.18 Å². The first-order valence-electron chi connectivity index (χ1n) is 7.31. The summed E-state index contributed by atoms with van der Waals surface area (Å²) in [5.74, 6) is -0.0603. The highest BCUT2D eigenvalue weighted by Crippen LogP contribution is 2.32. The van der Waals surface area contributed by atoms with Crippen LogP contribution in [0, 0.1) is 5.82 Å². The minimum Gasteiger partial charge on any atom is -0.445 e. The molecule has 3 aromatic rings. The number of anilines is 2. The van der Waals surface area contributed by atoms with Crippen LogP contribution in [0.4, 0.5) is 20.0 Å². The predicted molar refractivity (Wildman–Crippen MR) is 102 cm³/mol. The standard InChI is InChI=1S/C17H12Cl2FN3O2S/c1-23(14-7-10(18)5-6-13(14)19)17(24)22-16-21-9-15(26-16)25-12-4-2-3-11(20)8-12/h2-9H,1H3,(H,21,22,24). The Kier molecular flexibility index (Phi) is 5.61. The number of carbonyl (C=O) groups excluding carboxylic acids is 1. The second-order valence-electron chi connectivity index (χ2n) is 5.13. The van der Waals surface area contributed by atoms with Crippen molar-refractivity contribution in [1.29, 1.82) is 0 Å². The van der Waals surface area contributed by atoms with E-state index in [1.807, 2.05) is 0 Å². The van der Waals surface area contributed by atoms with E-state index in [1.54, 1.807) is 31.3 Å². The summed E-state index contributed by atoms with van der Waals surface area (Å²) in [6.07, 6.45) is 1.44. The van der Waals surface area contributed by atoms with Crippen LogP contribution in [0.3, 0.4) is 0 Å². The molecule has 0 spiro atoms. The van der Waals surface area contributed by atoms with E-state index in [4.69, 9.17) is 27.9 Å². The number of aromatic nitrogens is 1. The summed E-state index contributed by atoms with van der Waals surface area (Å²) in [5.41, 5.74) is 0.462. The van der Waals surface area contributed by atoms with E-state index < -0.39 is 11.8 Å². The van der Waals surface area contributed by atoms with Gasteiger partial charge in [-0.2, -0.15) is 0 Å². The van der Waals surface area contributed by atoms with Gasteiger partial charge < -0.3 is 4.74 Å². The average Bonchev–Trinajstić information content (AvgIpc) is 3.03. The van der Waals surface area contributed by atoms with E-state index in [-0.39, 0.29) is 0 Å². The largest absolute Gasteiger partial charge is 0.445 e. The lowest BCUT2D eigenvalue weighted by Crippen LogP contribution is -2.31. The van der Waals surface area contributed by atoms with Crippen molar-refractivity contribution in [3.05, 3.63) is 64.5 Å². The number of ether oxygens (including phenoxy) is 1. The third-order valence-electron chi connectivity index (χ3n) is 3.29. The Bertz CT molecular complexity index is 951. The van der Waals surface area contributed by atoms with Crippen LogP contribution in [0.2, 0.25) is 10.0 Å². The van der Waals surface area contributed by atoms with Crippen LogP contribution < -0.4 is 15.0 Å². The Morgan fingerprint density at radius 2 is 2.08 bits per heavy atom. The van der Waals surface area contributed by atoms with Crippen LogP contribution in [-0.4, -0.2) is 18.1 Å². The quantitative estimate of drug-likeness (QED) is 0.568. The van der Waals surface area contributed by atoms with Crippen molar-refractivity contribution in [2.75, 3.05) is 17.3 Å². The number of nitrogens with zero attached hydrogens (tertiary/aromatic N) is 2. The van der Waals surface area contributed by atoms with Gasteiger partial charge >= 0.3 is 6.03 Å². The summed E-state index contributed by atoms with van der Waals surface area (Å²) >= 11 is 13.2. The Balaban J connectivity index is 1.68. The second-order valence-corrected chi connectivity index (χ2v) is 6.97. The van der Waals surface area contributed by atoms with Crippen LogP contribution in [0.25, 0.3) is 0 Å². The number of carbonyl (C=O) groups is 1. The zero-order valence-corrected chi connectivity index (χ0v) is 15.7. The molecule has 9 heteroatoms. The van der Waals surface area contributed by atoms with Crippen molar-refractivity contribution in [1.82, 2.24) is 4.98 Å². The van der Waals surface area contributed by atoms with Crippen molar-refractivity contribution in [3.8, 4) is 10.8 Å². The molecule has 1 heterocycles. The number of benzene rings is 2. The first-order valence-corrected chi connectivity index (χ1v) is 8.88. The third-order valence-corrected chi connectivity index (χ3v) is 4.63. The number of thiazole rings is 1. The maximum atomic E-state index is 13.2. The second kappa shape index (κ2) is 7.90. The van der Waals surface area contributed by atoms with E-state index in [0.717, 1.165) is 11.3 Å². The first-order chi connectivity index (χ1) is 12.4. The number of halogens is 3. The molecule has 2 amide bonds. The highest BCUT2D eigenvalue weighted by molar-refractivity contribution is 7.17. The zero-order chi connectivity index (χ0) is 18.7. The molecule has 1 N–H and O–H groups in total. The van der Waals surface area contributed by atoms with Crippen LogP contribution in [-0.2, 0) is 0 Å². The van der Waals surface area contributed by atoms with Crippen LogP contribution in [0.5, 0.6) is 10.8 Å². The van der Waals surface area contributed by atoms with E-state index in [2.05, 4.69) is 10.3 Å². The lowest BCUT2D eigenvalue weighted by atomic mass is 10.3. The highest BCUT2D eigenvalue weighted by Gasteiger charge is 2.16. The molecule has 0 saturated carbocycles. The molecule has 0 aliphatic carbocycles. The highest BCUT2D eigenvalue weighted by atomic mass is 35.5. The number of urea groups is 1. The average molecular weight is 412 g/mol. The Labute approximate surface area is 162 Å². The fourth-order valence-corrected chi connectivity index (χ4v) is 3.13. The molecule has 0 radical (unpaired) electrons. The molecule has 26 heavy (non-hydrogen) atoms. The number of hydrogen-bond donors (Lipinski definition) is 1. The van der Waals surface area contributed by atoms with Crippen molar-refractivity contribution in [2.24, 2.45) is 0 Å². The molecule has 0 aliphatic rings. The van der Waals surface area contributed by atoms with E-state index in [1.165, 1.54) is 29.3 Å². The van der Waals surface area contributed by atoms with E-state index >= 15 is 0 Å². The number of rotatable bonds is 4. The summed E-state index contributed by atoms with van der Waals surface area (Å²) < 4.78 is 18.7. The van der Waals surface area contributed by atoms with Crippen LogP contribution >= 0.6 is 34.5 Å². The third kappa shape index (κ3) is 4.43. The molecule has 0 atom stereocenters. The molecule has 5 nitrogen and oxygen atoms in total. The minimum atomic E-state index is -0.444. The normalized spacial score (nSPS) is 10.5. The molecule has 3 rings (SSSR count). The smallest absolute Gasteiger partial charge is 0.327 e. The van der Waals surface area contributed by atoms with Gasteiger partial charge in [-0.1, -0.05) is 40.6 Å². The SMILES string of the molecule is CN(C(=O)Nc1ncc(Oc2cccc(F)c2)s1)c1cc(Cl)ccc1Cl. The summed E-state index contributed by atoms with van der Waals surface area (Å²) in [5, 5.41) is 4.23. The van der Waals surface area contributed by atoms with Gasteiger partial charge in [0.15, 0.2) is 5.13 Å². The first kappa shape index (κ1) is 18.4. The fraction of sp³-hybridized carbons (Fsp3) is 0.0588. The van der Waals surface area contributed by atoms with Crippen molar-refractivity contribution >= 4 is 51.4 Å². The van der Waals surface area contributed by atoms with E-state index in [0.29, 0.717) is 31.7 Å². The van der Waals surface area contributed by atoms with Gasteiger partial charge in [0.25, 0.3) is 0 Å². The summed E-state index contributed by atoms with van der Waals surface area (Å²) in [4.78, 5) is 17.8. The van der Waals surface area contributed by atoms with Gasteiger partial charge in [-0.3, -0.25) is 10.2 Å². The van der Waals surface area contributed by atoms with Gasteiger partial charge in [-0.25, -0.2) is 14.2 Å². The lowest BCUT2D eigenvalue weighted by Gasteiger charge is -2.18. The van der Waals surface area contributed by atoms with Crippen molar-refractivity contribution < 1.29 is 13.9 Å². The Hall–Kier alpha value is -2.35. The molecule has 0 unspecified atom stereocenters. The molecule has 2 aromatic carbocycles. The summed E-state index contributed by atoms with van der Waals surface area (Å²) in [7, 11) is 1.56. The Morgan fingerprint density at radius 3 is 2.85 bits per heavy atom. The molecule has 134 valence electrons. The molecule has 0 bridgehead atoms. The molecule has 0 fully saturated rings. The predicted octanol–water partition coefficient (Wildman–Crippen LogP) is 6.05.